The fraction of sp³-hybridized carbons (Fsp3) is 0.550. The SMILES string of the molecule is CCC(=O)c1ccc(OC[C@@H](O)C[NH2+]CCC2=CCCCC2)cc1. The zero-order chi connectivity index (χ0) is 17.2. The predicted molar refractivity (Wildman–Crippen MR) is 95.4 cm³/mol. The highest BCUT2D eigenvalue weighted by molar-refractivity contribution is 5.95. The van der Waals surface area contributed by atoms with E-state index in [1.807, 2.05) is 6.92 Å². The van der Waals surface area contributed by atoms with Crippen LogP contribution < -0.4 is 10.1 Å². The van der Waals surface area contributed by atoms with Crippen LogP contribution in [-0.4, -0.2) is 36.7 Å². The number of ketones is 1. The Bertz CT molecular complexity index is 536. The third-order valence-corrected chi connectivity index (χ3v) is 4.43. The number of aliphatic hydroxyl groups is 1. The molecular formula is C20H30NO3+. The molecule has 4 heteroatoms. The predicted octanol–water partition coefficient (Wildman–Crippen LogP) is 2.47. The summed E-state index contributed by atoms with van der Waals surface area (Å²) in [6, 6.07) is 7.12. The van der Waals surface area contributed by atoms with Crippen molar-refractivity contribution in [2.45, 2.75) is 51.6 Å². The van der Waals surface area contributed by atoms with Crippen LogP contribution in [0.3, 0.4) is 0 Å². The molecule has 0 heterocycles. The van der Waals surface area contributed by atoms with E-state index in [-0.39, 0.29) is 12.4 Å². The number of Topliss-reactive ketones (excluding diaryl/α,β-unsaturated/α-hetero) is 1. The summed E-state index contributed by atoms with van der Waals surface area (Å²) in [6.45, 7) is 3.81. The molecule has 0 aromatic heterocycles. The van der Waals surface area contributed by atoms with E-state index in [2.05, 4.69) is 11.4 Å². The first-order valence-corrected chi connectivity index (χ1v) is 9.12. The van der Waals surface area contributed by atoms with Gasteiger partial charge >= 0.3 is 0 Å². The maximum atomic E-state index is 11.6. The Morgan fingerprint density at radius 2 is 2.08 bits per heavy atom. The molecule has 2 rings (SSSR count). The van der Waals surface area contributed by atoms with E-state index in [0.29, 0.717) is 24.3 Å². The number of allylic oxidation sites excluding steroid dienone is 1. The maximum Gasteiger partial charge on any atom is 0.162 e. The number of carbonyl (C=O) groups is 1. The summed E-state index contributed by atoms with van der Waals surface area (Å²) in [5.41, 5.74) is 2.28. The average Bonchev–Trinajstić information content (AvgIpc) is 2.64. The number of hydrogen-bond donors (Lipinski definition) is 2. The van der Waals surface area contributed by atoms with Crippen molar-refractivity contribution >= 4 is 5.78 Å². The van der Waals surface area contributed by atoms with Crippen LogP contribution in [0.1, 0.15) is 55.8 Å². The van der Waals surface area contributed by atoms with Crippen molar-refractivity contribution in [1.29, 1.82) is 0 Å². The molecule has 1 aliphatic rings. The van der Waals surface area contributed by atoms with Crippen molar-refractivity contribution in [3.05, 3.63) is 41.5 Å². The quantitative estimate of drug-likeness (QED) is 0.393. The highest BCUT2D eigenvalue weighted by Crippen LogP contribution is 2.18. The summed E-state index contributed by atoms with van der Waals surface area (Å²) in [7, 11) is 0. The lowest BCUT2D eigenvalue weighted by atomic mass is 9.97. The van der Waals surface area contributed by atoms with Gasteiger partial charge in [0, 0.05) is 18.4 Å². The summed E-state index contributed by atoms with van der Waals surface area (Å²) in [4.78, 5) is 11.6. The number of quaternary nitrogens is 1. The van der Waals surface area contributed by atoms with Gasteiger partial charge in [0.15, 0.2) is 5.78 Å². The Morgan fingerprint density at radius 1 is 1.29 bits per heavy atom. The topological polar surface area (TPSA) is 63.1 Å². The second kappa shape index (κ2) is 10.3. The summed E-state index contributed by atoms with van der Waals surface area (Å²) in [6.07, 6.45) is 8.66. The van der Waals surface area contributed by atoms with Gasteiger partial charge in [0.1, 0.15) is 25.0 Å². The zero-order valence-corrected chi connectivity index (χ0v) is 14.7. The van der Waals surface area contributed by atoms with E-state index >= 15 is 0 Å². The molecule has 0 aliphatic heterocycles. The number of hydrogen-bond acceptors (Lipinski definition) is 3. The fourth-order valence-corrected chi connectivity index (χ4v) is 2.93. The number of aliphatic hydroxyl groups excluding tert-OH is 1. The Balaban J connectivity index is 1.61. The minimum Gasteiger partial charge on any atom is -0.491 e. The first-order chi connectivity index (χ1) is 11.7. The van der Waals surface area contributed by atoms with Gasteiger partial charge in [-0.25, -0.2) is 0 Å². The highest BCUT2D eigenvalue weighted by atomic mass is 16.5. The van der Waals surface area contributed by atoms with Gasteiger partial charge in [-0.15, -0.1) is 0 Å². The van der Waals surface area contributed by atoms with E-state index in [1.165, 1.54) is 25.7 Å². The molecule has 0 amide bonds. The zero-order valence-electron chi connectivity index (χ0n) is 14.7. The van der Waals surface area contributed by atoms with Crippen LogP contribution >= 0.6 is 0 Å². The third-order valence-electron chi connectivity index (χ3n) is 4.43. The summed E-state index contributed by atoms with van der Waals surface area (Å²) in [5.74, 6) is 0.818. The van der Waals surface area contributed by atoms with Crippen LogP contribution in [0.25, 0.3) is 0 Å². The molecule has 0 radical (unpaired) electrons. The Morgan fingerprint density at radius 3 is 2.75 bits per heavy atom. The molecule has 0 bridgehead atoms. The molecule has 1 aliphatic carbocycles. The Kier molecular flexibility index (Phi) is 7.99. The van der Waals surface area contributed by atoms with E-state index in [4.69, 9.17) is 4.74 Å². The monoisotopic (exact) mass is 332 g/mol. The van der Waals surface area contributed by atoms with Crippen LogP contribution in [-0.2, 0) is 0 Å². The number of carbonyl (C=O) groups excluding carboxylic acids is 1. The normalized spacial score (nSPS) is 15.7. The van der Waals surface area contributed by atoms with Crippen molar-refractivity contribution < 1.29 is 20.0 Å². The van der Waals surface area contributed by atoms with E-state index < -0.39 is 6.10 Å². The van der Waals surface area contributed by atoms with Crippen molar-refractivity contribution in [2.24, 2.45) is 0 Å². The van der Waals surface area contributed by atoms with Gasteiger partial charge in [-0.1, -0.05) is 18.6 Å². The molecule has 1 aromatic carbocycles. The number of benzene rings is 1. The lowest BCUT2D eigenvalue weighted by molar-refractivity contribution is -0.660. The maximum absolute atomic E-state index is 11.6. The highest BCUT2D eigenvalue weighted by Gasteiger charge is 2.09. The smallest absolute Gasteiger partial charge is 0.162 e. The van der Waals surface area contributed by atoms with Gasteiger partial charge in [0.25, 0.3) is 0 Å². The molecule has 0 fully saturated rings. The summed E-state index contributed by atoms with van der Waals surface area (Å²) < 4.78 is 5.59. The molecule has 0 saturated heterocycles. The molecule has 0 spiro atoms. The van der Waals surface area contributed by atoms with Gasteiger partial charge in [-0.2, -0.15) is 0 Å². The van der Waals surface area contributed by atoms with Crippen molar-refractivity contribution in [1.82, 2.24) is 0 Å². The largest absolute Gasteiger partial charge is 0.491 e. The number of ether oxygens (including phenoxy) is 1. The van der Waals surface area contributed by atoms with E-state index in [9.17, 15) is 9.90 Å². The summed E-state index contributed by atoms with van der Waals surface area (Å²) in [5, 5.41) is 12.2. The van der Waals surface area contributed by atoms with Crippen LogP contribution in [0.4, 0.5) is 0 Å². The van der Waals surface area contributed by atoms with Crippen molar-refractivity contribution in [3.63, 3.8) is 0 Å². The first kappa shape index (κ1) is 18.7. The summed E-state index contributed by atoms with van der Waals surface area (Å²) >= 11 is 0. The molecule has 4 nitrogen and oxygen atoms in total. The van der Waals surface area contributed by atoms with E-state index in [1.54, 1.807) is 29.8 Å². The number of nitrogens with two attached hydrogens (primary N) is 1. The van der Waals surface area contributed by atoms with Gasteiger partial charge in [0.05, 0.1) is 6.54 Å². The standard InChI is InChI=1S/C20H29NO3/c1-2-20(23)17-8-10-19(11-9-17)24-15-18(22)14-21-13-12-16-6-4-3-5-7-16/h6,8-11,18,21-22H,2-5,7,12-15H2,1H3/p+1/t18-/m0/s1. The van der Waals surface area contributed by atoms with Gasteiger partial charge < -0.3 is 15.2 Å². The molecule has 24 heavy (non-hydrogen) atoms. The van der Waals surface area contributed by atoms with Gasteiger partial charge in [0.2, 0.25) is 0 Å². The van der Waals surface area contributed by atoms with Gasteiger partial charge in [-0.05, 0) is 49.9 Å². The van der Waals surface area contributed by atoms with Crippen LogP contribution in [0, 0.1) is 0 Å². The molecule has 1 atom stereocenters. The molecular weight excluding hydrogens is 302 g/mol. The fourth-order valence-electron chi connectivity index (χ4n) is 2.93. The lowest BCUT2D eigenvalue weighted by Crippen LogP contribution is -2.86. The van der Waals surface area contributed by atoms with Crippen LogP contribution in [0.5, 0.6) is 5.75 Å². The average molecular weight is 332 g/mol. The van der Waals surface area contributed by atoms with Crippen molar-refractivity contribution in [2.75, 3.05) is 19.7 Å². The Labute approximate surface area is 144 Å². The molecule has 0 saturated carbocycles. The Hall–Kier alpha value is -1.65. The second-order valence-corrected chi connectivity index (χ2v) is 6.44. The van der Waals surface area contributed by atoms with E-state index in [0.717, 1.165) is 13.0 Å². The molecule has 3 N–H and O–H groups in total. The van der Waals surface area contributed by atoms with Crippen LogP contribution in [0.2, 0.25) is 0 Å². The van der Waals surface area contributed by atoms with Crippen LogP contribution in [0.15, 0.2) is 35.9 Å². The molecule has 1 aromatic rings. The molecule has 0 unspecified atom stereocenters. The minimum atomic E-state index is -0.484. The minimum absolute atomic E-state index is 0.129. The molecule has 132 valence electrons. The first-order valence-electron chi connectivity index (χ1n) is 9.12. The third kappa shape index (κ3) is 6.46. The second-order valence-electron chi connectivity index (χ2n) is 6.44. The van der Waals surface area contributed by atoms with Crippen molar-refractivity contribution in [3.8, 4) is 5.75 Å². The van der Waals surface area contributed by atoms with Gasteiger partial charge in [-0.3, -0.25) is 4.79 Å². The lowest BCUT2D eigenvalue weighted by Gasteiger charge is -2.14. The number of rotatable bonds is 10.